The average molecular weight is 396 g/mol. The minimum Gasteiger partial charge on any atom is -0.378 e. The standard InChI is InChI=1S/C21H25FN6O/c1-26(2)19-10-7-16(8-11-19)6-9-18-4-3-5-20(25-18)27-15-24-28(21(27)29)14-17(12-22)13-23/h3-12,15,21,29H,13-14,23H2,1-2H3/b9-6+,17-12+. The number of aliphatic hydroxyl groups is 1. The van der Waals surface area contributed by atoms with Gasteiger partial charge in [0.15, 0.2) is 0 Å². The van der Waals surface area contributed by atoms with Crippen LogP contribution in [0, 0.1) is 0 Å². The van der Waals surface area contributed by atoms with Crippen molar-refractivity contribution < 1.29 is 9.50 Å². The molecule has 1 aromatic heterocycles. The highest BCUT2D eigenvalue weighted by Gasteiger charge is 2.28. The van der Waals surface area contributed by atoms with Gasteiger partial charge in [-0.15, -0.1) is 0 Å². The second-order valence-electron chi connectivity index (χ2n) is 6.79. The van der Waals surface area contributed by atoms with Crippen LogP contribution in [0.5, 0.6) is 0 Å². The van der Waals surface area contributed by atoms with Crippen molar-refractivity contribution in [1.82, 2.24) is 9.99 Å². The van der Waals surface area contributed by atoms with Crippen molar-refractivity contribution in [2.75, 3.05) is 37.0 Å². The highest BCUT2D eigenvalue weighted by Crippen LogP contribution is 2.21. The molecule has 2 heterocycles. The molecule has 1 aromatic carbocycles. The topological polar surface area (TPSA) is 81.2 Å². The minimum atomic E-state index is -1.08. The number of rotatable bonds is 7. The van der Waals surface area contributed by atoms with Gasteiger partial charge in [-0.05, 0) is 41.5 Å². The second kappa shape index (κ2) is 9.31. The lowest BCUT2D eigenvalue weighted by Crippen LogP contribution is -2.41. The van der Waals surface area contributed by atoms with E-state index in [2.05, 4.69) is 22.2 Å². The second-order valence-corrected chi connectivity index (χ2v) is 6.79. The predicted octanol–water partition coefficient (Wildman–Crippen LogP) is 2.47. The molecule has 0 saturated heterocycles. The molecule has 8 heteroatoms. The molecule has 152 valence electrons. The molecule has 0 fully saturated rings. The van der Waals surface area contributed by atoms with Gasteiger partial charge in [-0.25, -0.2) is 14.4 Å². The molecule has 0 aliphatic carbocycles. The van der Waals surface area contributed by atoms with Gasteiger partial charge in [0.05, 0.1) is 18.6 Å². The number of pyridine rings is 1. The van der Waals surface area contributed by atoms with Crippen LogP contribution >= 0.6 is 0 Å². The first-order valence-corrected chi connectivity index (χ1v) is 9.19. The van der Waals surface area contributed by atoms with Crippen molar-refractivity contribution in [3.8, 4) is 0 Å². The summed E-state index contributed by atoms with van der Waals surface area (Å²) in [7, 11) is 4.00. The molecule has 0 radical (unpaired) electrons. The molecule has 29 heavy (non-hydrogen) atoms. The number of hydrazone groups is 1. The Bertz CT molecular complexity index is 910. The van der Waals surface area contributed by atoms with E-state index >= 15 is 0 Å². The third-order valence-corrected chi connectivity index (χ3v) is 4.50. The Morgan fingerprint density at radius 2 is 1.97 bits per heavy atom. The number of anilines is 2. The van der Waals surface area contributed by atoms with Crippen LogP contribution in [0.4, 0.5) is 15.9 Å². The number of nitrogens with two attached hydrogens (primary N) is 1. The van der Waals surface area contributed by atoms with Gasteiger partial charge in [-0.2, -0.15) is 5.10 Å². The van der Waals surface area contributed by atoms with Gasteiger partial charge in [-0.3, -0.25) is 4.90 Å². The summed E-state index contributed by atoms with van der Waals surface area (Å²) >= 11 is 0. The highest BCUT2D eigenvalue weighted by atomic mass is 19.1. The molecular formula is C21H25FN6O. The van der Waals surface area contributed by atoms with E-state index in [1.807, 2.05) is 55.4 Å². The lowest BCUT2D eigenvalue weighted by Gasteiger charge is -2.25. The van der Waals surface area contributed by atoms with Crippen molar-refractivity contribution in [3.63, 3.8) is 0 Å². The van der Waals surface area contributed by atoms with Crippen LogP contribution in [-0.4, -0.2) is 55.0 Å². The van der Waals surface area contributed by atoms with E-state index in [1.165, 1.54) is 16.2 Å². The SMILES string of the molecule is CN(C)c1ccc(/C=C/c2cccc(N3C=NN(C/C(=C/F)CN)C3O)n2)cc1. The molecule has 3 N–H and O–H groups in total. The normalized spacial score (nSPS) is 16.9. The summed E-state index contributed by atoms with van der Waals surface area (Å²) in [6.07, 6.45) is 4.71. The molecule has 1 unspecified atom stereocenters. The van der Waals surface area contributed by atoms with E-state index in [4.69, 9.17) is 5.73 Å². The van der Waals surface area contributed by atoms with E-state index in [0.717, 1.165) is 16.9 Å². The lowest BCUT2D eigenvalue weighted by molar-refractivity contribution is 0.0330. The number of nitrogens with zero attached hydrogens (tertiary/aromatic N) is 5. The van der Waals surface area contributed by atoms with Crippen molar-refractivity contribution in [3.05, 3.63) is 65.6 Å². The number of aromatic nitrogens is 1. The van der Waals surface area contributed by atoms with Crippen LogP contribution in [0.3, 0.4) is 0 Å². The maximum Gasteiger partial charge on any atom is 0.229 e. The summed E-state index contributed by atoms with van der Waals surface area (Å²) < 4.78 is 12.8. The average Bonchev–Trinajstić information content (AvgIpc) is 3.11. The third-order valence-electron chi connectivity index (χ3n) is 4.50. The Balaban J connectivity index is 1.70. The molecule has 1 aliphatic heterocycles. The largest absolute Gasteiger partial charge is 0.378 e. The zero-order chi connectivity index (χ0) is 20.8. The number of halogens is 1. The van der Waals surface area contributed by atoms with Gasteiger partial charge in [-0.1, -0.05) is 24.3 Å². The quantitative estimate of drug-likeness (QED) is 0.748. The van der Waals surface area contributed by atoms with Crippen LogP contribution in [0.15, 0.2) is 59.5 Å². The van der Waals surface area contributed by atoms with Gasteiger partial charge in [0.2, 0.25) is 6.35 Å². The molecule has 7 nitrogen and oxygen atoms in total. The van der Waals surface area contributed by atoms with Gasteiger partial charge in [0, 0.05) is 26.3 Å². The fourth-order valence-electron chi connectivity index (χ4n) is 2.78. The Morgan fingerprint density at radius 1 is 1.21 bits per heavy atom. The van der Waals surface area contributed by atoms with E-state index in [9.17, 15) is 9.50 Å². The van der Waals surface area contributed by atoms with Crippen molar-refractivity contribution in [2.45, 2.75) is 6.35 Å². The van der Waals surface area contributed by atoms with Crippen LogP contribution in [0.25, 0.3) is 12.2 Å². The summed E-state index contributed by atoms with van der Waals surface area (Å²) in [6, 6.07) is 13.7. The molecule has 1 aliphatic rings. The fraction of sp³-hybridized carbons (Fsp3) is 0.238. The summed E-state index contributed by atoms with van der Waals surface area (Å²) in [5, 5.41) is 15.9. The van der Waals surface area contributed by atoms with Crippen LogP contribution in [0.1, 0.15) is 11.3 Å². The predicted molar refractivity (Wildman–Crippen MR) is 116 cm³/mol. The van der Waals surface area contributed by atoms with Crippen molar-refractivity contribution in [1.29, 1.82) is 0 Å². The maximum absolute atomic E-state index is 12.8. The molecular weight excluding hydrogens is 371 g/mol. The van der Waals surface area contributed by atoms with Gasteiger partial charge in [0.1, 0.15) is 12.2 Å². The van der Waals surface area contributed by atoms with Gasteiger partial charge >= 0.3 is 0 Å². The molecule has 2 aromatic rings. The molecule has 0 amide bonds. The van der Waals surface area contributed by atoms with Crippen molar-refractivity contribution >= 4 is 30.0 Å². The summed E-state index contributed by atoms with van der Waals surface area (Å²) in [4.78, 5) is 8.12. The summed E-state index contributed by atoms with van der Waals surface area (Å²) in [6.45, 7) is 0.160. The molecule has 3 rings (SSSR count). The summed E-state index contributed by atoms with van der Waals surface area (Å²) in [5.74, 6) is 0.535. The van der Waals surface area contributed by atoms with E-state index in [0.29, 0.717) is 17.7 Å². The Labute approximate surface area is 169 Å². The monoisotopic (exact) mass is 396 g/mol. The molecule has 0 spiro atoms. The van der Waals surface area contributed by atoms with Gasteiger partial charge < -0.3 is 15.7 Å². The Morgan fingerprint density at radius 3 is 2.62 bits per heavy atom. The van der Waals surface area contributed by atoms with E-state index in [1.54, 1.807) is 6.07 Å². The zero-order valence-corrected chi connectivity index (χ0v) is 16.5. The van der Waals surface area contributed by atoms with Gasteiger partial charge in [0.25, 0.3) is 0 Å². The number of hydrogen-bond donors (Lipinski definition) is 2. The highest BCUT2D eigenvalue weighted by molar-refractivity contribution is 5.80. The molecule has 0 bridgehead atoms. The Kier molecular flexibility index (Phi) is 6.58. The zero-order valence-electron chi connectivity index (χ0n) is 16.5. The van der Waals surface area contributed by atoms with Crippen molar-refractivity contribution in [2.24, 2.45) is 10.8 Å². The number of benzene rings is 1. The Hall–Kier alpha value is -3.23. The molecule has 1 atom stereocenters. The van der Waals surface area contributed by atoms with Crippen LogP contribution in [0.2, 0.25) is 0 Å². The van der Waals surface area contributed by atoms with Crippen LogP contribution < -0.4 is 15.5 Å². The lowest BCUT2D eigenvalue weighted by atomic mass is 10.1. The first-order chi connectivity index (χ1) is 14.0. The summed E-state index contributed by atoms with van der Waals surface area (Å²) in [5.41, 5.74) is 8.75. The maximum atomic E-state index is 12.8. The first-order valence-electron chi connectivity index (χ1n) is 9.19. The molecule has 0 saturated carbocycles. The first kappa shape index (κ1) is 20.5. The number of hydrogen-bond acceptors (Lipinski definition) is 7. The van der Waals surface area contributed by atoms with Crippen LogP contribution in [-0.2, 0) is 0 Å². The smallest absolute Gasteiger partial charge is 0.229 e. The van der Waals surface area contributed by atoms with E-state index in [-0.39, 0.29) is 13.1 Å². The fourth-order valence-corrected chi connectivity index (χ4v) is 2.78. The van der Waals surface area contributed by atoms with E-state index < -0.39 is 6.35 Å². The minimum absolute atomic E-state index is 0.0588. The number of aliphatic hydroxyl groups excluding tert-OH is 1. The third kappa shape index (κ3) is 4.98.